The number of nitrogens with one attached hydrogen (secondary N) is 3. The van der Waals surface area contributed by atoms with Crippen LogP contribution in [0, 0.1) is 0 Å². The Morgan fingerprint density at radius 2 is 1.82 bits per heavy atom. The minimum absolute atomic E-state index is 0.165. The molecule has 0 aliphatic heterocycles. The largest absolute Gasteiger partial charge is 0.480 e. The van der Waals surface area contributed by atoms with Gasteiger partial charge in [0.05, 0.1) is 6.54 Å². The Balaban J connectivity index is 2.14. The smallest absolute Gasteiger partial charge is 0.322 e. The molecule has 1 saturated carbocycles. The number of hydrogen-bond donors (Lipinski definition) is 4. The summed E-state index contributed by atoms with van der Waals surface area (Å²) in [5, 5.41) is 15.6. The van der Waals surface area contributed by atoms with Gasteiger partial charge in [-0.1, -0.05) is 0 Å². The van der Waals surface area contributed by atoms with Crippen molar-refractivity contribution in [3.05, 3.63) is 0 Å². The van der Waals surface area contributed by atoms with Crippen LogP contribution in [0.5, 0.6) is 0 Å². The first-order chi connectivity index (χ1) is 7.91. The van der Waals surface area contributed by atoms with Crippen molar-refractivity contribution in [2.24, 2.45) is 0 Å². The van der Waals surface area contributed by atoms with Crippen molar-refractivity contribution in [1.29, 1.82) is 0 Å². The van der Waals surface area contributed by atoms with Crippen LogP contribution in [0.1, 0.15) is 26.2 Å². The summed E-state index contributed by atoms with van der Waals surface area (Å²) in [5.74, 6) is -1.65. The maximum Gasteiger partial charge on any atom is 0.322 e. The van der Waals surface area contributed by atoms with E-state index in [-0.39, 0.29) is 12.1 Å². The molecule has 4 N–H and O–H groups in total. The van der Waals surface area contributed by atoms with Crippen molar-refractivity contribution >= 4 is 17.9 Å². The third-order valence-electron chi connectivity index (χ3n) is 2.72. The van der Waals surface area contributed by atoms with E-state index in [9.17, 15) is 14.4 Å². The van der Waals surface area contributed by atoms with Gasteiger partial charge in [-0.25, -0.2) is 4.79 Å². The molecule has 7 heteroatoms. The van der Waals surface area contributed by atoms with Crippen molar-refractivity contribution in [3.8, 4) is 0 Å². The highest BCUT2D eigenvalue weighted by molar-refractivity contribution is 5.86. The van der Waals surface area contributed by atoms with E-state index in [1.165, 1.54) is 0 Å². The first kappa shape index (κ1) is 13.3. The lowest BCUT2D eigenvalue weighted by Crippen LogP contribution is -2.55. The predicted octanol–water partition coefficient (Wildman–Crippen LogP) is -0.571. The van der Waals surface area contributed by atoms with Crippen LogP contribution in [0.4, 0.5) is 4.79 Å². The first-order valence-electron chi connectivity index (χ1n) is 5.46. The summed E-state index contributed by atoms with van der Waals surface area (Å²) >= 11 is 0. The van der Waals surface area contributed by atoms with Crippen LogP contribution in [-0.2, 0) is 9.59 Å². The first-order valence-corrected chi connectivity index (χ1v) is 5.46. The van der Waals surface area contributed by atoms with E-state index in [4.69, 9.17) is 5.11 Å². The van der Waals surface area contributed by atoms with Gasteiger partial charge in [-0.3, -0.25) is 9.59 Å². The summed E-state index contributed by atoms with van der Waals surface area (Å²) in [6.45, 7) is 1.27. The lowest BCUT2D eigenvalue weighted by atomic mass is 9.79. The molecule has 1 aliphatic carbocycles. The molecule has 17 heavy (non-hydrogen) atoms. The third-order valence-corrected chi connectivity index (χ3v) is 2.72. The highest BCUT2D eigenvalue weighted by atomic mass is 16.4. The van der Waals surface area contributed by atoms with Gasteiger partial charge in [-0.05, 0) is 26.2 Å². The number of aliphatic carboxylic acids is 1. The second kappa shape index (κ2) is 5.51. The van der Waals surface area contributed by atoms with Crippen LogP contribution in [-0.4, -0.2) is 41.6 Å². The SMILES string of the molecule is CC1(NC(=O)NCC(=O)NCC(=O)O)CCC1. The summed E-state index contributed by atoms with van der Waals surface area (Å²) < 4.78 is 0. The van der Waals surface area contributed by atoms with Gasteiger partial charge >= 0.3 is 12.0 Å². The molecule has 0 aromatic heterocycles. The van der Waals surface area contributed by atoms with Gasteiger partial charge < -0.3 is 21.1 Å². The summed E-state index contributed by atoms with van der Waals surface area (Å²) in [6, 6.07) is -0.405. The zero-order valence-corrected chi connectivity index (χ0v) is 9.71. The number of carboxylic acids is 1. The fourth-order valence-corrected chi connectivity index (χ4v) is 1.55. The van der Waals surface area contributed by atoms with Crippen LogP contribution >= 0.6 is 0 Å². The fraction of sp³-hybridized carbons (Fsp3) is 0.700. The lowest BCUT2D eigenvalue weighted by Gasteiger charge is -2.38. The van der Waals surface area contributed by atoms with Crippen LogP contribution in [0.15, 0.2) is 0 Å². The normalized spacial score (nSPS) is 16.5. The van der Waals surface area contributed by atoms with Crippen molar-refractivity contribution < 1.29 is 19.5 Å². The predicted molar refractivity (Wildman–Crippen MR) is 59.4 cm³/mol. The second-order valence-corrected chi connectivity index (χ2v) is 4.39. The number of urea groups is 1. The molecule has 0 atom stereocenters. The summed E-state index contributed by atoms with van der Waals surface area (Å²) in [5.41, 5.74) is -0.165. The average Bonchev–Trinajstić information content (AvgIpc) is 2.21. The molecule has 0 saturated heterocycles. The van der Waals surface area contributed by atoms with E-state index >= 15 is 0 Å². The zero-order chi connectivity index (χ0) is 12.9. The van der Waals surface area contributed by atoms with Crippen molar-refractivity contribution in [2.45, 2.75) is 31.7 Å². The Labute approximate surface area is 98.9 Å². The number of hydrogen-bond acceptors (Lipinski definition) is 3. The summed E-state index contributed by atoms with van der Waals surface area (Å²) in [6.07, 6.45) is 2.97. The van der Waals surface area contributed by atoms with Gasteiger partial charge in [0.1, 0.15) is 6.54 Å². The van der Waals surface area contributed by atoms with Crippen molar-refractivity contribution in [3.63, 3.8) is 0 Å². The van der Waals surface area contributed by atoms with E-state index in [0.717, 1.165) is 19.3 Å². The molecule has 96 valence electrons. The molecule has 0 bridgehead atoms. The molecule has 0 aromatic carbocycles. The number of amides is 3. The molecule has 1 rings (SSSR count). The van der Waals surface area contributed by atoms with Gasteiger partial charge in [0.2, 0.25) is 5.91 Å². The molecule has 0 radical (unpaired) electrons. The maximum absolute atomic E-state index is 11.4. The minimum atomic E-state index is -1.12. The molecular formula is C10H17N3O4. The summed E-state index contributed by atoms with van der Waals surface area (Å²) in [4.78, 5) is 32.6. The van der Waals surface area contributed by atoms with Gasteiger partial charge in [-0.2, -0.15) is 0 Å². The quantitative estimate of drug-likeness (QED) is 0.518. The Morgan fingerprint density at radius 1 is 1.18 bits per heavy atom. The minimum Gasteiger partial charge on any atom is -0.480 e. The van der Waals surface area contributed by atoms with Crippen LogP contribution in [0.25, 0.3) is 0 Å². The number of carboxylic acid groups (broad SMARTS) is 1. The molecule has 0 heterocycles. The molecule has 3 amide bonds. The highest BCUT2D eigenvalue weighted by Gasteiger charge is 2.33. The van der Waals surface area contributed by atoms with E-state index in [1.54, 1.807) is 0 Å². The van der Waals surface area contributed by atoms with Gasteiger partial charge in [0, 0.05) is 5.54 Å². The Kier molecular flexibility index (Phi) is 4.30. The van der Waals surface area contributed by atoms with E-state index in [1.807, 2.05) is 6.92 Å². The second-order valence-electron chi connectivity index (χ2n) is 4.39. The summed E-state index contributed by atoms with van der Waals surface area (Å²) in [7, 11) is 0. The topological polar surface area (TPSA) is 108 Å². The highest BCUT2D eigenvalue weighted by Crippen LogP contribution is 2.30. The van der Waals surface area contributed by atoms with Gasteiger partial charge in [0.25, 0.3) is 0 Å². The molecule has 1 fully saturated rings. The zero-order valence-electron chi connectivity index (χ0n) is 9.71. The standard InChI is InChI=1S/C10H17N3O4/c1-10(3-2-4-10)13-9(17)12-5-7(14)11-6-8(15)16/h2-6H2,1H3,(H,11,14)(H,15,16)(H2,12,13,17). The van der Waals surface area contributed by atoms with Crippen LogP contribution in [0.2, 0.25) is 0 Å². The molecule has 0 unspecified atom stereocenters. The maximum atomic E-state index is 11.4. The molecule has 0 aromatic rings. The molecule has 0 spiro atoms. The van der Waals surface area contributed by atoms with Crippen molar-refractivity contribution in [2.75, 3.05) is 13.1 Å². The Morgan fingerprint density at radius 3 is 2.29 bits per heavy atom. The Bertz CT molecular complexity index is 326. The van der Waals surface area contributed by atoms with Crippen molar-refractivity contribution in [1.82, 2.24) is 16.0 Å². The number of carbonyl (C=O) groups excluding carboxylic acids is 2. The molecule has 7 nitrogen and oxygen atoms in total. The van der Waals surface area contributed by atoms with Crippen LogP contribution in [0.3, 0.4) is 0 Å². The lowest BCUT2D eigenvalue weighted by molar-refractivity contribution is -0.137. The third kappa shape index (κ3) is 4.71. The molecule has 1 aliphatic rings. The van der Waals surface area contributed by atoms with Gasteiger partial charge in [0.15, 0.2) is 0 Å². The van der Waals surface area contributed by atoms with Crippen LogP contribution < -0.4 is 16.0 Å². The average molecular weight is 243 g/mol. The number of carbonyl (C=O) groups is 3. The van der Waals surface area contributed by atoms with E-state index in [0.29, 0.717) is 0 Å². The number of rotatable bonds is 5. The fourth-order valence-electron chi connectivity index (χ4n) is 1.55. The molecular weight excluding hydrogens is 226 g/mol. The van der Waals surface area contributed by atoms with Gasteiger partial charge in [-0.15, -0.1) is 0 Å². The van der Waals surface area contributed by atoms with E-state index in [2.05, 4.69) is 16.0 Å². The monoisotopic (exact) mass is 243 g/mol. The van der Waals surface area contributed by atoms with E-state index < -0.39 is 24.5 Å². The Hall–Kier alpha value is -1.79.